The van der Waals surface area contributed by atoms with E-state index in [9.17, 15) is 22.8 Å². The number of ether oxygens (including phenoxy) is 1. The Kier molecular flexibility index (Phi) is 6.19. The predicted molar refractivity (Wildman–Crippen MR) is 127 cm³/mol. The lowest BCUT2D eigenvalue weighted by molar-refractivity contribution is 0.0548. The van der Waals surface area contributed by atoms with E-state index in [4.69, 9.17) is 4.74 Å². The summed E-state index contributed by atoms with van der Waals surface area (Å²) in [7, 11) is 1.52. The number of aromatic nitrogens is 3. The molecule has 0 saturated carbocycles. The third-order valence-corrected chi connectivity index (χ3v) is 7.27. The highest BCUT2D eigenvalue weighted by Crippen LogP contribution is 2.37. The predicted octanol–water partition coefficient (Wildman–Crippen LogP) is 3.97. The molecule has 1 amide bonds. The number of fused-ring (bicyclic) bond motifs is 1. The Hall–Kier alpha value is -3.47. The number of carbonyl (C=O) groups is 1. The number of amides is 1. The molecule has 36 heavy (non-hydrogen) atoms. The van der Waals surface area contributed by atoms with E-state index in [0.29, 0.717) is 25.1 Å². The Bertz CT molecular complexity index is 1380. The fraction of sp³-hybridized carbons (Fsp3) is 0.440. The van der Waals surface area contributed by atoms with Crippen LogP contribution in [0.5, 0.6) is 0 Å². The van der Waals surface area contributed by atoms with Crippen molar-refractivity contribution in [1.29, 1.82) is 0 Å². The molecule has 11 heteroatoms. The van der Waals surface area contributed by atoms with Crippen molar-refractivity contribution in [2.45, 2.75) is 44.2 Å². The van der Waals surface area contributed by atoms with Gasteiger partial charge in [-0.3, -0.25) is 14.2 Å². The van der Waals surface area contributed by atoms with Gasteiger partial charge in [-0.2, -0.15) is 0 Å². The number of benzene rings is 1. The molecule has 2 atom stereocenters. The number of carbonyl (C=O) groups excluding carboxylic acids is 1. The standard InChI is InChI=1S/C25H26F3N5O3/c1-14(15-5-3-6-16(19(15)26)20(27)28)31-21-17-11-18(23(34)32(2)22(17)30-13-29-21)24(35)33-9-4-7-25(33)8-10-36-12-25/h3,5-6,11,13-14,20H,4,7-10,12H2,1-2H3,(H,29,30,31)/t14-,25?/m1/s1. The first kappa shape index (κ1) is 24.2. The van der Waals surface area contributed by atoms with Crippen molar-refractivity contribution in [3.05, 3.63) is 63.5 Å². The van der Waals surface area contributed by atoms with E-state index in [2.05, 4.69) is 15.3 Å². The monoisotopic (exact) mass is 501 g/mol. The molecule has 2 aromatic heterocycles. The van der Waals surface area contributed by atoms with E-state index < -0.39 is 34.9 Å². The van der Waals surface area contributed by atoms with Gasteiger partial charge in [-0.15, -0.1) is 0 Å². The smallest absolute Gasteiger partial charge is 0.266 e. The van der Waals surface area contributed by atoms with Crippen LogP contribution in [0, 0.1) is 5.82 Å². The summed E-state index contributed by atoms with van der Waals surface area (Å²) in [5.74, 6) is -1.12. The Balaban J connectivity index is 1.54. The minimum absolute atomic E-state index is 0.0189. The van der Waals surface area contributed by atoms with Gasteiger partial charge in [0.05, 0.1) is 29.1 Å². The SMILES string of the molecule is C[C@@H](Nc1ncnc2c1cc(C(=O)N1CCCC13CCOC3)c(=O)n2C)c1cccc(C(F)F)c1F. The molecule has 3 aromatic rings. The van der Waals surface area contributed by atoms with Crippen molar-refractivity contribution in [3.63, 3.8) is 0 Å². The summed E-state index contributed by atoms with van der Waals surface area (Å²) in [6.07, 6.45) is 0.682. The van der Waals surface area contributed by atoms with Crippen LogP contribution < -0.4 is 10.9 Å². The zero-order chi connectivity index (χ0) is 25.6. The van der Waals surface area contributed by atoms with E-state index in [-0.39, 0.29) is 28.5 Å². The first-order valence-corrected chi connectivity index (χ1v) is 11.8. The normalized spacial score (nSPS) is 20.6. The van der Waals surface area contributed by atoms with E-state index in [1.165, 1.54) is 36.1 Å². The van der Waals surface area contributed by atoms with Gasteiger partial charge in [0.25, 0.3) is 17.9 Å². The number of nitrogens with zero attached hydrogens (tertiary/aromatic N) is 4. The molecule has 8 nitrogen and oxygen atoms in total. The van der Waals surface area contributed by atoms with E-state index in [0.717, 1.165) is 25.3 Å². The molecule has 1 unspecified atom stereocenters. The Morgan fingerprint density at radius 1 is 1.22 bits per heavy atom. The van der Waals surface area contributed by atoms with Crippen LogP contribution in [0.3, 0.4) is 0 Å². The molecule has 1 N–H and O–H groups in total. The largest absolute Gasteiger partial charge is 0.379 e. The van der Waals surface area contributed by atoms with Crippen LogP contribution in [0.15, 0.2) is 35.4 Å². The zero-order valence-corrected chi connectivity index (χ0v) is 19.9. The van der Waals surface area contributed by atoms with Crippen molar-refractivity contribution in [2.75, 3.05) is 25.1 Å². The van der Waals surface area contributed by atoms with Crippen molar-refractivity contribution in [3.8, 4) is 0 Å². The van der Waals surface area contributed by atoms with Gasteiger partial charge in [-0.05, 0) is 32.3 Å². The summed E-state index contributed by atoms with van der Waals surface area (Å²) >= 11 is 0. The van der Waals surface area contributed by atoms with Crippen molar-refractivity contribution in [2.24, 2.45) is 7.05 Å². The molecule has 0 radical (unpaired) electrons. The first-order valence-electron chi connectivity index (χ1n) is 11.8. The van der Waals surface area contributed by atoms with Gasteiger partial charge in [0.2, 0.25) is 0 Å². The van der Waals surface area contributed by atoms with Crippen LogP contribution in [-0.4, -0.2) is 50.6 Å². The van der Waals surface area contributed by atoms with Gasteiger partial charge in [-0.1, -0.05) is 18.2 Å². The fourth-order valence-corrected chi connectivity index (χ4v) is 5.30. The number of hydrogen-bond donors (Lipinski definition) is 1. The maximum atomic E-state index is 14.7. The minimum Gasteiger partial charge on any atom is -0.379 e. The van der Waals surface area contributed by atoms with Crippen molar-refractivity contribution < 1.29 is 22.7 Å². The van der Waals surface area contributed by atoms with Crippen LogP contribution >= 0.6 is 0 Å². The summed E-state index contributed by atoms with van der Waals surface area (Å²) in [6, 6.07) is 4.56. The number of aryl methyl sites for hydroxylation is 1. The van der Waals surface area contributed by atoms with Crippen molar-refractivity contribution >= 4 is 22.8 Å². The lowest BCUT2D eigenvalue weighted by Gasteiger charge is -2.33. The van der Waals surface area contributed by atoms with Crippen molar-refractivity contribution in [1.82, 2.24) is 19.4 Å². The first-order chi connectivity index (χ1) is 17.2. The van der Waals surface area contributed by atoms with E-state index >= 15 is 0 Å². The number of anilines is 1. The Morgan fingerprint density at radius 3 is 2.72 bits per heavy atom. The molecule has 190 valence electrons. The van der Waals surface area contributed by atoms with Crippen LogP contribution in [0.1, 0.15) is 60.1 Å². The van der Waals surface area contributed by atoms with Gasteiger partial charge >= 0.3 is 0 Å². The zero-order valence-electron chi connectivity index (χ0n) is 19.9. The summed E-state index contributed by atoms with van der Waals surface area (Å²) in [6.45, 7) is 3.17. The maximum absolute atomic E-state index is 14.7. The molecule has 1 spiro atoms. The molecular weight excluding hydrogens is 475 g/mol. The van der Waals surface area contributed by atoms with Crippen LogP contribution in [0.25, 0.3) is 11.0 Å². The Labute approximate surface area is 205 Å². The van der Waals surface area contributed by atoms with E-state index in [1.54, 1.807) is 11.8 Å². The minimum atomic E-state index is -2.95. The van der Waals surface area contributed by atoms with Gasteiger partial charge < -0.3 is 15.0 Å². The number of rotatable bonds is 5. The number of likely N-dealkylation sites (tertiary alicyclic amines) is 1. The molecule has 1 aromatic carbocycles. The van der Waals surface area contributed by atoms with E-state index in [1.807, 2.05) is 0 Å². The molecule has 0 bridgehead atoms. The molecule has 0 aliphatic carbocycles. The van der Waals surface area contributed by atoms with Gasteiger partial charge in [0.15, 0.2) is 0 Å². The van der Waals surface area contributed by atoms with Gasteiger partial charge in [0.1, 0.15) is 29.2 Å². The Morgan fingerprint density at radius 2 is 2.00 bits per heavy atom. The van der Waals surface area contributed by atoms with Crippen LogP contribution in [0.4, 0.5) is 19.0 Å². The quantitative estimate of drug-likeness (QED) is 0.569. The topological polar surface area (TPSA) is 89.4 Å². The number of halogens is 3. The average molecular weight is 502 g/mol. The summed E-state index contributed by atoms with van der Waals surface area (Å²) < 4.78 is 48.0. The summed E-state index contributed by atoms with van der Waals surface area (Å²) in [5, 5.41) is 3.43. The molecule has 2 aliphatic heterocycles. The van der Waals surface area contributed by atoms with Gasteiger partial charge in [0, 0.05) is 25.8 Å². The molecular formula is C25H26F3N5O3. The number of pyridine rings is 1. The third-order valence-electron chi connectivity index (χ3n) is 7.27. The molecule has 5 rings (SSSR count). The molecule has 2 fully saturated rings. The summed E-state index contributed by atoms with van der Waals surface area (Å²) in [4.78, 5) is 37.0. The summed E-state index contributed by atoms with van der Waals surface area (Å²) in [5.41, 5.74) is -1.26. The second-order valence-corrected chi connectivity index (χ2v) is 9.39. The average Bonchev–Trinajstić information content (AvgIpc) is 3.50. The number of nitrogens with one attached hydrogen (secondary N) is 1. The second kappa shape index (κ2) is 9.20. The maximum Gasteiger partial charge on any atom is 0.266 e. The lowest BCUT2D eigenvalue weighted by atomic mass is 9.95. The van der Waals surface area contributed by atoms with Crippen LogP contribution in [0.2, 0.25) is 0 Å². The highest BCUT2D eigenvalue weighted by molar-refractivity contribution is 5.99. The van der Waals surface area contributed by atoms with Gasteiger partial charge in [-0.25, -0.2) is 23.1 Å². The third kappa shape index (κ3) is 3.91. The lowest BCUT2D eigenvalue weighted by Crippen LogP contribution is -2.49. The second-order valence-electron chi connectivity index (χ2n) is 9.39. The highest BCUT2D eigenvalue weighted by Gasteiger charge is 2.47. The molecule has 2 saturated heterocycles. The highest BCUT2D eigenvalue weighted by atomic mass is 19.3. The molecule has 2 aliphatic rings. The molecule has 4 heterocycles. The number of alkyl halides is 2. The fourth-order valence-electron chi connectivity index (χ4n) is 5.30. The number of hydrogen-bond acceptors (Lipinski definition) is 6. The van der Waals surface area contributed by atoms with Crippen LogP contribution in [-0.2, 0) is 11.8 Å².